The molecule has 1 N–H and O–H groups in total. The summed E-state index contributed by atoms with van der Waals surface area (Å²) in [5, 5.41) is 0. The summed E-state index contributed by atoms with van der Waals surface area (Å²) in [6.45, 7) is 2.42. The highest BCUT2D eigenvalue weighted by molar-refractivity contribution is 6.00. The predicted molar refractivity (Wildman–Crippen MR) is 78.8 cm³/mol. The third-order valence-electron chi connectivity index (χ3n) is 3.70. The van der Waals surface area contributed by atoms with Crippen molar-refractivity contribution in [2.45, 2.75) is 51.9 Å². The standard InChI is InChI=1S/C16H21NO4/c1-2-3-4-5-9-21-16(20)12-10-11-13(17-15(12)19)7-6-8-14(11)18/h10H,2-9H2,1H3,(H,17,19). The Morgan fingerprint density at radius 2 is 2.05 bits per heavy atom. The van der Waals surface area contributed by atoms with Gasteiger partial charge in [0, 0.05) is 17.7 Å². The van der Waals surface area contributed by atoms with Gasteiger partial charge in [0.2, 0.25) is 0 Å². The lowest BCUT2D eigenvalue weighted by molar-refractivity contribution is 0.0495. The maximum Gasteiger partial charge on any atom is 0.343 e. The Labute approximate surface area is 123 Å². The van der Waals surface area contributed by atoms with Crippen molar-refractivity contribution in [3.8, 4) is 0 Å². The quantitative estimate of drug-likeness (QED) is 0.645. The Kier molecular flexibility index (Phi) is 5.31. The molecule has 5 heteroatoms. The highest BCUT2D eigenvalue weighted by Crippen LogP contribution is 2.19. The maximum absolute atomic E-state index is 11.9. The minimum absolute atomic E-state index is 0.0236. The van der Waals surface area contributed by atoms with Gasteiger partial charge in [-0.3, -0.25) is 9.59 Å². The van der Waals surface area contributed by atoms with Crippen LogP contribution in [0.15, 0.2) is 10.9 Å². The molecule has 0 fully saturated rings. The summed E-state index contributed by atoms with van der Waals surface area (Å²) < 4.78 is 5.11. The first kappa shape index (κ1) is 15.5. The Balaban J connectivity index is 2.05. The lowest BCUT2D eigenvalue weighted by Gasteiger charge is -2.14. The van der Waals surface area contributed by atoms with E-state index in [1.807, 2.05) is 0 Å². The highest BCUT2D eigenvalue weighted by Gasteiger charge is 2.22. The van der Waals surface area contributed by atoms with Crippen LogP contribution in [0.3, 0.4) is 0 Å². The SMILES string of the molecule is CCCCCCOC(=O)c1cc2c([nH]c1=O)CCCC2=O. The van der Waals surface area contributed by atoms with Crippen molar-refractivity contribution in [1.82, 2.24) is 4.98 Å². The Morgan fingerprint density at radius 1 is 1.24 bits per heavy atom. The van der Waals surface area contributed by atoms with Crippen LogP contribution in [0.1, 0.15) is 71.9 Å². The van der Waals surface area contributed by atoms with Crippen molar-refractivity contribution in [2.75, 3.05) is 6.61 Å². The number of ether oxygens (including phenoxy) is 1. The number of fused-ring (bicyclic) bond motifs is 1. The van der Waals surface area contributed by atoms with E-state index in [0.29, 0.717) is 30.7 Å². The molecule has 0 bridgehead atoms. The molecule has 21 heavy (non-hydrogen) atoms. The Bertz CT molecular complexity index is 588. The zero-order chi connectivity index (χ0) is 15.2. The summed E-state index contributed by atoms with van der Waals surface area (Å²) in [7, 11) is 0. The van der Waals surface area contributed by atoms with Gasteiger partial charge in [0.1, 0.15) is 5.56 Å². The molecule has 1 aliphatic rings. The van der Waals surface area contributed by atoms with Gasteiger partial charge in [0.15, 0.2) is 5.78 Å². The first-order valence-electron chi connectivity index (χ1n) is 7.60. The molecule has 1 aliphatic carbocycles. The van der Waals surface area contributed by atoms with Crippen molar-refractivity contribution in [2.24, 2.45) is 0 Å². The number of nitrogens with one attached hydrogen (secondary N) is 1. The van der Waals surface area contributed by atoms with E-state index < -0.39 is 11.5 Å². The molecule has 0 aromatic carbocycles. The summed E-state index contributed by atoms with van der Waals surface area (Å²) in [6, 6.07) is 1.39. The van der Waals surface area contributed by atoms with Crippen LogP contribution in [0, 0.1) is 0 Å². The molecular weight excluding hydrogens is 270 g/mol. The molecule has 0 saturated carbocycles. The van der Waals surface area contributed by atoms with Gasteiger partial charge >= 0.3 is 5.97 Å². The maximum atomic E-state index is 11.9. The predicted octanol–water partition coefficient (Wildman–Crippen LogP) is 2.63. The fourth-order valence-electron chi connectivity index (χ4n) is 2.50. The Morgan fingerprint density at radius 3 is 2.81 bits per heavy atom. The lowest BCUT2D eigenvalue weighted by Crippen LogP contribution is -2.25. The van der Waals surface area contributed by atoms with E-state index in [1.165, 1.54) is 6.07 Å². The summed E-state index contributed by atoms with van der Waals surface area (Å²) in [5.74, 6) is -0.668. The number of unbranched alkanes of at least 4 members (excludes halogenated alkanes) is 3. The number of pyridine rings is 1. The Hall–Kier alpha value is -1.91. The third kappa shape index (κ3) is 3.80. The molecule has 0 spiro atoms. The molecule has 0 aliphatic heterocycles. The number of aryl methyl sites for hydroxylation is 1. The first-order chi connectivity index (χ1) is 10.1. The smallest absolute Gasteiger partial charge is 0.343 e. The van der Waals surface area contributed by atoms with E-state index in [4.69, 9.17) is 4.74 Å². The third-order valence-corrected chi connectivity index (χ3v) is 3.70. The molecule has 1 aromatic rings. The number of hydrogen-bond acceptors (Lipinski definition) is 4. The van der Waals surface area contributed by atoms with E-state index in [0.717, 1.165) is 32.1 Å². The monoisotopic (exact) mass is 291 g/mol. The van der Waals surface area contributed by atoms with Crippen molar-refractivity contribution in [1.29, 1.82) is 0 Å². The van der Waals surface area contributed by atoms with E-state index in [9.17, 15) is 14.4 Å². The molecule has 0 saturated heterocycles. The van der Waals surface area contributed by atoms with Gasteiger partial charge in [-0.15, -0.1) is 0 Å². The van der Waals surface area contributed by atoms with Crippen molar-refractivity contribution in [3.05, 3.63) is 33.2 Å². The molecule has 0 amide bonds. The second-order valence-corrected chi connectivity index (χ2v) is 5.38. The van der Waals surface area contributed by atoms with Crippen LogP contribution in [0.5, 0.6) is 0 Å². The average Bonchev–Trinajstić information content (AvgIpc) is 2.46. The van der Waals surface area contributed by atoms with Gasteiger partial charge in [-0.1, -0.05) is 26.2 Å². The summed E-state index contributed by atoms with van der Waals surface area (Å²) in [4.78, 5) is 38.3. The van der Waals surface area contributed by atoms with Gasteiger partial charge < -0.3 is 9.72 Å². The second-order valence-electron chi connectivity index (χ2n) is 5.38. The van der Waals surface area contributed by atoms with Crippen LogP contribution >= 0.6 is 0 Å². The summed E-state index contributed by atoms with van der Waals surface area (Å²) in [5.41, 5.74) is 0.552. The number of ketones is 1. The molecule has 114 valence electrons. The largest absolute Gasteiger partial charge is 0.462 e. The zero-order valence-corrected chi connectivity index (χ0v) is 12.4. The first-order valence-corrected chi connectivity index (χ1v) is 7.60. The molecule has 2 rings (SSSR count). The molecule has 1 aromatic heterocycles. The lowest BCUT2D eigenvalue weighted by atomic mass is 9.94. The van der Waals surface area contributed by atoms with Crippen LogP contribution in [-0.4, -0.2) is 23.3 Å². The number of hydrogen-bond donors (Lipinski definition) is 1. The highest BCUT2D eigenvalue weighted by atomic mass is 16.5. The van der Waals surface area contributed by atoms with Gasteiger partial charge in [-0.25, -0.2) is 4.79 Å². The molecule has 1 heterocycles. The van der Waals surface area contributed by atoms with Crippen LogP contribution in [-0.2, 0) is 11.2 Å². The number of aromatic amines is 1. The summed E-state index contributed by atoms with van der Waals surface area (Å²) in [6.07, 6.45) is 5.88. The van der Waals surface area contributed by atoms with Crippen molar-refractivity contribution < 1.29 is 14.3 Å². The summed E-state index contributed by atoms with van der Waals surface area (Å²) >= 11 is 0. The number of esters is 1. The molecule has 0 radical (unpaired) electrons. The second kappa shape index (κ2) is 7.20. The number of H-pyrrole nitrogens is 1. The van der Waals surface area contributed by atoms with Crippen LogP contribution < -0.4 is 5.56 Å². The topological polar surface area (TPSA) is 76.2 Å². The fourth-order valence-corrected chi connectivity index (χ4v) is 2.50. The van der Waals surface area contributed by atoms with Gasteiger partial charge in [0.25, 0.3) is 5.56 Å². The number of aromatic nitrogens is 1. The minimum Gasteiger partial charge on any atom is -0.462 e. The molecule has 5 nitrogen and oxygen atoms in total. The van der Waals surface area contributed by atoms with Crippen molar-refractivity contribution >= 4 is 11.8 Å². The van der Waals surface area contributed by atoms with E-state index >= 15 is 0 Å². The molecule has 0 atom stereocenters. The van der Waals surface area contributed by atoms with E-state index in [-0.39, 0.29) is 11.3 Å². The average molecular weight is 291 g/mol. The number of Topliss-reactive ketones (excluding diaryl/α,β-unsaturated/α-hetero) is 1. The van der Waals surface area contributed by atoms with Crippen molar-refractivity contribution in [3.63, 3.8) is 0 Å². The van der Waals surface area contributed by atoms with E-state index in [2.05, 4.69) is 11.9 Å². The van der Waals surface area contributed by atoms with Gasteiger partial charge in [-0.2, -0.15) is 0 Å². The number of carbonyl (C=O) groups is 2. The molecular formula is C16H21NO4. The number of carbonyl (C=O) groups excluding carboxylic acids is 2. The number of rotatable bonds is 6. The van der Waals surface area contributed by atoms with Gasteiger partial charge in [0.05, 0.1) is 6.61 Å². The van der Waals surface area contributed by atoms with Crippen LogP contribution in [0.2, 0.25) is 0 Å². The van der Waals surface area contributed by atoms with Crippen LogP contribution in [0.25, 0.3) is 0 Å². The van der Waals surface area contributed by atoms with Gasteiger partial charge in [-0.05, 0) is 25.3 Å². The minimum atomic E-state index is -0.645. The fraction of sp³-hybridized carbons (Fsp3) is 0.562. The zero-order valence-electron chi connectivity index (χ0n) is 12.4. The van der Waals surface area contributed by atoms with Crippen LogP contribution in [0.4, 0.5) is 0 Å². The molecule has 0 unspecified atom stereocenters. The normalized spacial score (nSPS) is 13.9. The van der Waals surface area contributed by atoms with E-state index in [1.54, 1.807) is 0 Å².